The molecule has 0 heterocycles. The summed E-state index contributed by atoms with van der Waals surface area (Å²) in [4.78, 5) is 10.5. The summed E-state index contributed by atoms with van der Waals surface area (Å²) in [6.45, 7) is 5.84. The highest BCUT2D eigenvalue weighted by Gasteiger charge is 2.20. The summed E-state index contributed by atoms with van der Waals surface area (Å²) < 4.78 is 0. The number of hydrogen-bond acceptors (Lipinski definition) is 2. The molecule has 0 aliphatic rings. The van der Waals surface area contributed by atoms with Crippen LogP contribution in [0.15, 0.2) is 0 Å². The lowest BCUT2D eigenvalue weighted by atomic mass is 9.92. The minimum Gasteiger partial charge on any atom is -0.481 e. The first-order valence-electron chi connectivity index (χ1n) is 4.47. The molecule has 0 aromatic rings. The van der Waals surface area contributed by atoms with Gasteiger partial charge < -0.3 is 10.8 Å². The molecule has 0 fully saturated rings. The van der Waals surface area contributed by atoms with Crippen LogP contribution in [0.1, 0.15) is 33.6 Å². The van der Waals surface area contributed by atoms with Gasteiger partial charge in [-0.15, -0.1) is 0 Å². The van der Waals surface area contributed by atoms with Crippen molar-refractivity contribution in [3.05, 3.63) is 0 Å². The molecule has 0 radical (unpaired) electrons. The zero-order valence-electron chi connectivity index (χ0n) is 8.08. The Labute approximate surface area is 74.0 Å². The van der Waals surface area contributed by atoms with E-state index < -0.39 is 11.9 Å². The third-order valence-electron chi connectivity index (χ3n) is 2.40. The SMILES string of the molecule is CC[C@@H](C)C[C@H](N)C(C)C(=O)O. The van der Waals surface area contributed by atoms with Crippen molar-refractivity contribution < 1.29 is 9.90 Å². The molecule has 0 aromatic heterocycles. The van der Waals surface area contributed by atoms with Crippen molar-refractivity contribution in [3.8, 4) is 0 Å². The second kappa shape index (κ2) is 5.14. The Hall–Kier alpha value is -0.570. The zero-order chi connectivity index (χ0) is 9.72. The van der Waals surface area contributed by atoms with Crippen LogP contribution < -0.4 is 5.73 Å². The first kappa shape index (κ1) is 11.4. The van der Waals surface area contributed by atoms with Gasteiger partial charge in [-0.2, -0.15) is 0 Å². The second-order valence-corrected chi connectivity index (χ2v) is 3.54. The van der Waals surface area contributed by atoms with Crippen LogP contribution in [0.5, 0.6) is 0 Å². The first-order valence-corrected chi connectivity index (χ1v) is 4.47. The number of hydrogen-bond donors (Lipinski definition) is 2. The molecule has 0 bridgehead atoms. The molecule has 0 saturated carbocycles. The second-order valence-electron chi connectivity index (χ2n) is 3.54. The molecule has 72 valence electrons. The summed E-state index contributed by atoms with van der Waals surface area (Å²) >= 11 is 0. The summed E-state index contributed by atoms with van der Waals surface area (Å²) in [5.41, 5.74) is 5.71. The largest absolute Gasteiger partial charge is 0.481 e. The Morgan fingerprint density at radius 1 is 1.50 bits per heavy atom. The molecular weight excluding hydrogens is 154 g/mol. The van der Waals surface area contributed by atoms with Gasteiger partial charge in [-0.3, -0.25) is 4.79 Å². The fraction of sp³-hybridized carbons (Fsp3) is 0.889. The van der Waals surface area contributed by atoms with Gasteiger partial charge >= 0.3 is 5.97 Å². The van der Waals surface area contributed by atoms with Gasteiger partial charge in [0.2, 0.25) is 0 Å². The van der Waals surface area contributed by atoms with Crippen molar-refractivity contribution in [1.29, 1.82) is 0 Å². The molecule has 3 N–H and O–H groups in total. The van der Waals surface area contributed by atoms with E-state index in [0.717, 1.165) is 12.8 Å². The maximum Gasteiger partial charge on any atom is 0.307 e. The van der Waals surface area contributed by atoms with Crippen molar-refractivity contribution in [2.24, 2.45) is 17.6 Å². The Morgan fingerprint density at radius 3 is 2.33 bits per heavy atom. The number of carbonyl (C=O) groups is 1. The molecule has 0 rings (SSSR count). The van der Waals surface area contributed by atoms with Gasteiger partial charge in [-0.05, 0) is 12.3 Å². The van der Waals surface area contributed by atoms with Gasteiger partial charge in [0.1, 0.15) is 0 Å². The highest BCUT2D eigenvalue weighted by atomic mass is 16.4. The highest BCUT2D eigenvalue weighted by molar-refractivity contribution is 5.70. The fourth-order valence-electron chi connectivity index (χ4n) is 1.02. The third kappa shape index (κ3) is 3.72. The first-order chi connectivity index (χ1) is 5.49. The van der Waals surface area contributed by atoms with Gasteiger partial charge in [0.05, 0.1) is 5.92 Å². The average Bonchev–Trinajstić information content (AvgIpc) is 2.02. The molecular formula is C9H19NO2. The van der Waals surface area contributed by atoms with E-state index in [-0.39, 0.29) is 6.04 Å². The van der Waals surface area contributed by atoms with Crippen LogP contribution in [0.25, 0.3) is 0 Å². The van der Waals surface area contributed by atoms with E-state index >= 15 is 0 Å². The fourth-order valence-corrected chi connectivity index (χ4v) is 1.02. The quantitative estimate of drug-likeness (QED) is 0.661. The van der Waals surface area contributed by atoms with Crippen LogP contribution >= 0.6 is 0 Å². The predicted octanol–water partition coefficient (Wildman–Crippen LogP) is 1.47. The molecule has 3 atom stereocenters. The summed E-state index contributed by atoms with van der Waals surface area (Å²) in [6.07, 6.45) is 1.85. The lowest BCUT2D eigenvalue weighted by molar-refractivity contribution is -0.141. The van der Waals surface area contributed by atoms with Crippen LogP contribution in [0.4, 0.5) is 0 Å². The normalized spacial score (nSPS) is 18.3. The molecule has 12 heavy (non-hydrogen) atoms. The van der Waals surface area contributed by atoms with E-state index in [1.54, 1.807) is 6.92 Å². The zero-order valence-corrected chi connectivity index (χ0v) is 8.08. The van der Waals surface area contributed by atoms with Crippen molar-refractivity contribution in [1.82, 2.24) is 0 Å². The van der Waals surface area contributed by atoms with Crippen LogP contribution in [0.3, 0.4) is 0 Å². The Balaban J connectivity index is 3.86. The summed E-state index contributed by atoms with van der Waals surface area (Å²) in [7, 11) is 0. The molecule has 0 aromatic carbocycles. The van der Waals surface area contributed by atoms with Crippen LogP contribution in [-0.2, 0) is 4.79 Å². The maximum absolute atomic E-state index is 10.5. The van der Waals surface area contributed by atoms with Gasteiger partial charge in [-0.25, -0.2) is 0 Å². The molecule has 3 heteroatoms. The highest BCUT2D eigenvalue weighted by Crippen LogP contribution is 2.14. The summed E-state index contributed by atoms with van der Waals surface area (Å²) in [5, 5.41) is 8.66. The number of carboxylic acids is 1. The monoisotopic (exact) mass is 173 g/mol. The lowest BCUT2D eigenvalue weighted by Crippen LogP contribution is -2.34. The lowest BCUT2D eigenvalue weighted by Gasteiger charge is -2.19. The standard InChI is InChI=1S/C9H19NO2/c1-4-6(2)5-8(10)7(3)9(11)12/h6-8H,4-5,10H2,1-3H3,(H,11,12)/t6-,7?,8+/m1/s1. The molecule has 1 unspecified atom stereocenters. The van der Waals surface area contributed by atoms with Gasteiger partial charge in [0.15, 0.2) is 0 Å². The molecule has 0 aliphatic heterocycles. The van der Waals surface area contributed by atoms with Crippen LogP contribution in [0.2, 0.25) is 0 Å². The van der Waals surface area contributed by atoms with Crippen molar-refractivity contribution >= 4 is 5.97 Å². The van der Waals surface area contributed by atoms with E-state index in [4.69, 9.17) is 10.8 Å². The number of rotatable bonds is 5. The van der Waals surface area contributed by atoms with E-state index in [9.17, 15) is 4.79 Å². The van der Waals surface area contributed by atoms with Crippen molar-refractivity contribution in [3.63, 3.8) is 0 Å². The summed E-state index contributed by atoms with van der Waals surface area (Å²) in [6, 6.07) is -0.211. The minimum atomic E-state index is -0.800. The van der Waals surface area contributed by atoms with E-state index in [1.165, 1.54) is 0 Å². The number of carboxylic acid groups (broad SMARTS) is 1. The van der Waals surface area contributed by atoms with Gasteiger partial charge in [0.25, 0.3) is 0 Å². The van der Waals surface area contributed by atoms with E-state index in [2.05, 4.69) is 13.8 Å². The molecule has 3 nitrogen and oxygen atoms in total. The molecule has 0 spiro atoms. The number of nitrogens with two attached hydrogens (primary N) is 1. The molecule has 0 amide bonds. The predicted molar refractivity (Wildman–Crippen MR) is 48.8 cm³/mol. The smallest absolute Gasteiger partial charge is 0.307 e. The minimum absolute atomic E-state index is 0.211. The topological polar surface area (TPSA) is 63.3 Å². The van der Waals surface area contributed by atoms with E-state index in [1.807, 2.05) is 0 Å². The third-order valence-corrected chi connectivity index (χ3v) is 2.40. The van der Waals surface area contributed by atoms with Crippen molar-refractivity contribution in [2.75, 3.05) is 0 Å². The maximum atomic E-state index is 10.5. The van der Waals surface area contributed by atoms with Gasteiger partial charge in [-0.1, -0.05) is 27.2 Å². The number of aliphatic carboxylic acids is 1. The average molecular weight is 173 g/mol. The molecule has 0 saturated heterocycles. The molecule has 0 aliphatic carbocycles. The Morgan fingerprint density at radius 2 is 2.00 bits per heavy atom. The summed E-state index contributed by atoms with van der Waals surface area (Å²) in [5.74, 6) is -0.716. The van der Waals surface area contributed by atoms with E-state index in [0.29, 0.717) is 5.92 Å². The Kier molecular flexibility index (Phi) is 4.90. The van der Waals surface area contributed by atoms with Gasteiger partial charge in [0, 0.05) is 6.04 Å². The van der Waals surface area contributed by atoms with Crippen LogP contribution in [0, 0.1) is 11.8 Å². The Bertz CT molecular complexity index is 147. The van der Waals surface area contributed by atoms with Crippen molar-refractivity contribution in [2.45, 2.75) is 39.7 Å². The van der Waals surface area contributed by atoms with Crippen LogP contribution in [-0.4, -0.2) is 17.1 Å².